The Morgan fingerprint density at radius 1 is 1.24 bits per heavy atom. The molecule has 0 bridgehead atoms. The number of halogens is 1. The molecular formula is C18H22ClN5O. The van der Waals surface area contributed by atoms with E-state index in [1.807, 2.05) is 18.2 Å². The summed E-state index contributed by atoms with van der Waals surface area (Å²) < 4.78 is 0. The molecule has 7 heteroatoms. The molecule has 6 nitrogen and oxygen atoms in total. The SMILES string of the molecule is O=C(Nc1cc(Cl)ccc1N1CCCCC1)c1n[nH]c2c1CNCC2. The number of nitrogens with one attached hydrogen (secondary N) is 3. The molecule has 0 unspecified atom stereocenters. The molecule has 2 aliphatic heterocycles. The molecule has 1 amide bonds. The summed E-state index contributed by atoms with van der Waals surface area (Å²) in [6, 6.07) is 5.69. The quantitative estimate of drug-likeness (QED) is 0.787. The number of amides is 1. The van der Waals surface area contributed by atoms with Gasteiger partial charge in [-0.15, -0.1) is 0 Å². The summed E-state index contributed by atoms with van der Waals surface area (Å²) >= 11 is 6.18. The minimum atomic E-state index is -0.193. The number of aromatic nitrogens is 2. The number of rotatable bonds is 3. The van der Waals surface area contributed by atoms with Crippen LogP contribution in [0.4, 0.5) is 11.4 Å². The van der Waals surface area contributed by atoms with E-state index in [4.69, 9.17) is 11.6 Å². The first-order chi connectivity index (χ1) is 12.2. The van der Waals surface area contributed by atoms with Crippen LogP contribution in [-0.4, -0.2) is 35.7 Å². The fourth-order valence-electron chi connectivity index (χ4n) is 3.61. The second kappa shape index (κ2) is 7.06. The highest BCUT2D eigenvalue weighted by atomic mass is 35.5. The van der Waals surface area contributed by atoms with Gasteiger partial charge in [-0.2, -0.15) is 5.10 Å². The molecule has 0 saturated carbocycles. The molecule has 0 aliphatic carbocycles. The predicted molar refractivity (Wildman–Crippen MR) is 99.5 cm³/mol. The third kappa shape index (κ3) is 3.37. The van der Waals surface area contributed by atoms with Gasteiger partial charge in [0.15, 0.2) is 5.69 Å². The van der Waals surface area contributed by atoms with E-state index in [0.29, 0.717) is 17.3 Å². The van der Waals surface area contributed by atoms with Gasteiger partial charge in [-0.25, -0.2) is 0 Å². The average Bonchev–Trinajstić information content (AvgIpc) is 3.07. The molecule has 0 spiro atoms. The second-order valence-electron chi connectivity index (χ2n) is 6.62. The minimum absolute atomic E-state index is 0.193. The maximum atomic E-state index is 12.8. The topological polar surface area (TPSA) is 73.0 Å². The highest BCUT2D eigenvalue weighted by molar-refractivity contribution is 6.31. The maximum absolute atomic E-state index is 12.8. The van der Waals surface area contributed by atoms with Gasteiger partial charge in [0.05, 0.1) is 11.4 Å². The van der Waals surface area contributed by atoms with Crippen LogP contribution >= 0.6 is 11.6 Å². The van der Waals surface area contributed by atoms with Crippen molar-refractivity contribution in [1.29, 1.82) is 0 Å². The van der Waals surface area contributed by atoms with E-state index in [1.165, 1.54) is 19.3 Å². The molecule has 132 valence electrons. The van der Waals surface area contributed by atoms with Gasteiger partial charge in [-0.05, 0) is 37.5 Å². The summed E-state index contributed by atoms with van der Waals surface area (Å²) in [5.41, 5.74) is 4.25. The fraction of sp³-hybridized carbons (Fsp3) is 0.444. The number of piperidine rings is 1. The molecule has 1 aromatic heterocycles. The summed E-state index contributed by atoms with van der Waals surface area (Å²) in [5.74, 6) is -0.193. The highest BCUT2D eigenvalue weighted by Crippen LogP contribution is 2.31. The van der Waals surface area contributed by atoms with Crippen molar-refractivity contribution in [1.82, 2.24) is 15.5 Å². The van der Waals surface area contributed by atoms with Crippen LogP contribution < -0.4 is 15.5 Å². The van der Waals surface area contributed by atoms with Crippen molar-refractivity contribution in [3.8, 4) is 0 Å². The third-order valence-corrected chi connectivity index (χ3v) is 5.16. The Hall–Kier alpha value is -2.05. The van der Waals surface area contributed by atoms with Gasteiger partial charge in [-0.3, -0.25) is 9.89 Å². The van der Waals surface area contributed by atoms with Gasteiger partial charge in [0.2, 0.25) is 0 Å². The molecule has 3 heterocycles. The number of nitrogens with zero attached hydrogens (tertiary/aromatic N) is 2. The molecular weight excluding hydrogens is 338 g/mol. The molecule has 2 aliphatic rings. The lowest BCUT2D eigenvalue weighted by atomic mass is 10.1. The van der Waals surface area contributed by atoms with Crippen molar-refractivity contribution in [2.45, 2.75) is 32.2 Å². The molecule has 4 rings (SSSR count). The summed E-state index contributed by atoms with van der Waals surface area (Å²) in [4.78, 5) is 15.1. The lowest BCUT2D eigenvalue weighted by Gasteiger charge is -2.30. The van der Waals surface area contributed by atoms with Crippen LogP contribution in [-0.2, 0) is 13.0 Å². The van der Waals surface area contributed by atoms with Gasteiger partial charge in [0.1, 0.15) is 0 Å². The van der Waals surface area contributed by atoms with E-state index in [2.05, 4.69) is 25.7 Å². The summed E-state index contributed by atoms with van der Waals surface area (Å²) in [6.45, 7) is 3.59. The Kier molecular flexibility index (Phi) is 4.63. The number of hydrogen-bond donors (Lipinski definition) is 3. The van der Waals surface area contributed by atoms with Crippen LogP contribution in [0.25, 0.3) is 0 Å². The van der Waals surface area contributed by atoms with E-state index < -0.39 is 0 Å². The highest BCUT2D eigenvalue weighted by Gasteiger charge is 2.23. The van der Waals surface area contributed by atoms with Crippen LogP contribution in [0, 0.1) is 0 Å². The largest absolute Gasteiger partial charge is 0.370 e. The summed E-state index contributed by atoms with van der Waals surface area (Å²) in [7, 11) is 0. The number of hydrogen-bond acceptors (Lipinski definition) is 4. The number of carbonyl (C=O) groups excluding carboxylic acids is 1. The first-order valence-electron chi connectivity index (χ1n) is 8.85. The predicted octanol–water partition coefficient (Wildman–Crippen LogP) is 2.95. The average molecular weight is 360 g/mol. The van der Waals surface area contributed by atoms with Crippen molar-refractivity contribution in [2.24, 2.45) is 0 Å². The lowest BCUT2D eigenvalue weighted by molar-refractivity contribution is 0.102. The molecule has 3 N–H and O–H groups in total. The number of anilines is 2. The Morgan fingerprint density at radius 2 is 2.08 bits per heavy atom. The van der Waals surface area contributed by atoms with Crippen molar-refractivity contribution >= 4 is 28.9 Å². The summed E-state index contributed by atoms with van der Waals surface area (Å²) in [5, 5.41) is 14.2. The van der Waals surface area contributed by atoms with E-state index in [-0.39, 0.29) is 5.91 Å². The number of fused-ring (bicyclic) bond motifs is 1. The summed E-state index contributed by atoms with van der Waals surface area (Å²) in [6.07, 6.45) is 4.48. The number of H-pyrrole nitrogens is 1. The zero-order valence-electron chi connectivity index (χ0n) is 14.1. The molecule has 0 radical (unpaired) electrons. The number of aromatic amines is 1. The van der Waals surface area contributed by atoms with Gasteiger partial charge in [0, 0.05) is 48.9 Å². The van der Waals surface area contributed by atoms with Crippen molar-refractivity contribution < 1.29 is 4.79 Å². The Morgan fingerprint density at radius 3 is 2.92 bits per heavy atom. The van der Waals surface area contributed by atoms with E-state index in [0.717, 1.165) is 48.7 Å². The third-order valence-electron chi connectivity index (χ3n) is 4.92. The Bertz CT molecular complexity index is 782. The van der Waals surface area contributed by atoms with Crippen LogP contribution in [0.2, 0.25) is 5.02 Å². The molecule has 1 saturated heterocycles. The fourth-order valence-corrected chi connectivity index (χ4v) is 3.79. The number of benzene rings is 1. The molecule has 1 fully saturated rings. The molecule has 25 heavy (non-hydrogen) atoms. The van der Waals surface area contributed by atoms with Crippen molar-refractivity contribution in [3.05, 3.63) is 40.2 Å². The smallest absolute Gasteiger partial charge is 0.276 e. The first-order valence-corrected chi connectivity index (χ1v) is 9.23. The minimum Gasteiger partial charge on any atom is -0.370 e. The van der Waals surface area contributed by atoms with Gasteiger partial charge in [-0.1, -0.05) is 11.6 Å². The van der Waals surface area contributed by atoms with E-state index >= 15 is 0 Å². The van der Waals surface area contributed by atoms with Crippen molar-refractivity contribution in [3.63, 3.8) is 0 Å². The molecule has 0 atom stereocenters. The Labute approximate surface area is 151 Å². The zero-order valence-corrected chi connectivity index (χ0v) is 14.8. The van der Waals surface area contributed by atoms with Gasteiger partial charge < -0.3 is 15.5 Å². The molecule has 2 aromatic rings. The normalized spacial score (nSPS) is 17.2. The van der Waals surface area contributed by atoms with Gasteiger partial charge >= 0.3 is 0 Å². The van der Waals surface area contributed by atoms with Crippen LogP contribution in [0.5, 0.6) is 0 Å². The van der Waals surface area contributed by atoms with Crippen LogP contribution in [0.15, 0.2) is 18.2 Å². The van der Waals surface area contributed by atoms with Crippen LogP contribution in [0.3, 0.4) is 0 Å². The lowest BCUT2D eigenvalue weighted by Crippen LogP contribution is -2.30. The van der Waals surface area contributed by atoms with Crippen molar-refractivity contribution in [2.75, 3.05) is 29.9 Å². The Balaban J connectivity index is 1.60. The van der Waals surface area contributed by atoms with E-state index in [9.17, 15) is 4.79 Å². The van der Waals surface area contributed by atoms with Crippen LogP contribution in [0.1, 0.15) is 41.0 Å². The first kappa shape index (κ1) is 16.4. The standard InChI is InChI=1S/C18H22ClN5O/c19-12-4-5-16(24-8-2-1-3-9-24)15(10-12)21-18(25)17-13-11-20-7-6-14(13)22-23-17/h4-5,10,20H,1-3,6-9,11H2,(H,21,25)(H,22,23). The molecule has 1 aromatic carbocycles. The van der Waals surface area contributed by atoms with Gasteiger partial charge in [0.25, 0.3) is 5.91 Å². The zero-order chi connectivity index (χ0) is 17.2. The second-order valence-corrected chi connectivity index (χ2v) is 7.06. The maximum Gasteiger partial charge on any atom is 0.276 e. The monoisotopic (exact) mass is 359 g/mol. The van der Waals surface area contributed by atoms with E-state index in [1.54, 1.807) is 0 Å². The number of carbonyl (C=O) groups is 1.